The van der Waals surface area contributed by atoms with Gasteiger partial charge in [-0.05, 0) is 23.8 Å². The number of nitrogens with one attached hydrogen (secondary N) is 2. The third-order valence-corrected chi connectivity index (χ3v) is 4.85. The lowest BCUT2D eigenvalue weighted by atomic mass is 10.2. The molecule has 0 saturated heterocycles. The second-order valence-electron chi connectivity index (χ2n) is 5.03. The minimum Gasteiger partial charge on any atom is -0.275 e. The van der Waals surface area contributed by atoms with Gasteiger partial charge in [-0.3, -0.25) is 14.6 Å². The van der Waals surface area contributed by atoms with E-state index in [4.69, 9.17) is 0 Å². The van der Waals surface area contributed by atoms with Crippen molar-refractivity contribution in [2.24, 2.45) is 0 Å². The topological polar surface area (TPSA) is 84.0 Å². The summed E-state index contributed by atoms with van der Waals surface area (Å²) < 4.78 is 28.7. The fourth-order valence-electron chi connectivity index (χ4n) is 2.31. The second-order valence-corrected chi connectivity index (χ2v) is 6.68. The highest BCUT2D eigenvalue weighted by Crippen LogP contribution is 2.19. The van der Waals surface area contributed by atoms with Crippen LogP contribution in [0.1, 0.15) is 5.56 Å². The predicted octanol–water partition coefficient (Wildman–Crippen LogP) is 2.61. The van der Waals surface area contributed by atoms with Gasteiger partial charge in [0.2, 0.25) is 0 Å². The van der Waals surface area contributed by atoms with Crippen LogP contribution in [0.4, 0.5) is 5.82 Å². The quantitative estimate of drug-likeness (QED) is 0.748. The summed E-state index contributed by atoms with van der Waals surface area (Å²) in [5.41, 5.74) is 0.727. The smallest absolute Gasteiger partial charge is 0.273 e. The molecule has 24 heavy (non-hydrogen) atoms. The third kappa shape index (κ3) is 3.02. The summed E-state index contributed by atoms with van der Waals surface area (Å²) >= 11 is 0. The second kappa shape index (κ2) is 6.21. The molecule has 0 atom stereocenters. The van der Waals surface area contributed by atoms with E-state index >= 15 is 0 Å². The zero-order valence-electron chi connectivity index (χ0n) is 12.6. The van der Waals surface area contributed by atoms with Gasteiger partial charge < -0.3 is 0 Å². The van der Waals surface area contributed by atoms with Crippen molar-refractivity contribution in [3.63, 3.8) is 0 Å². The molecule has 2 aromatic carbocycles. The van der Waals surface area contributed by atoms with E-state index in [1.165, 1.54) is 22.9 Å². The van der Waals surface area contributed by atoms with Gasteiger partial charge in [0, 0.05) is 6.07 Å². The number of aromatic amines is 1. The van der Waals surface area contributed by atoms with E-state index in [1.807, 2.05) is 6.07 Å². The van der Waals surface area contributed by atoms with Crippen molar-refractivity contribution >= 4 is 21.9 Å². The Morgan fingerprint density at radius 3 is 2.42 bits per heavy atom. The van der Waals surface area contributed by atoms with E-state index < -0.39 is 10.0 Å². The van der Waals surface area contributed by atoms with E-state index in [0.29, 0.717) is 11.3 Å². The number of anilines is 1. The van der Waals surface area contributed by atoms with Gasteiger partial charge in [-0.1, -0.05) is 49.1 Å². The average molecular weight is 341 g/mol. The van der Waals surface area contributed by atoms with E-state index in [0.717, 1.165) is 0 Å². The Morgan fingerprint density at radius 2 is 1.71 bits per heavy atom. The van der Waals surface area contributed by atoms with Crippen molar-refractivity contribution in [2.75, 3.05) is 4.72 Å². The van der Waals surface area contributed by atoms with Crippen LogP contribution in [-0.2, 0) is 10.0 Å². The molecule has 1 heterocycles. The van der Waals surface area contributed by atoms with Crippen LogP contribution in [0.2, 0.25) is 0 Å². The molecular formula is C17H15N3O3S. The first-order chi connectivity index (χ1) is 11.5. The average Bonchev–Trinajstić information content (AvgIpc) is 2.95. The number of sulfonamides is 1. The SMILES string of the molecule is C=Cc1ccccc1S(=O)(=O)Nc1cc(=O)n(-c2ccccc2)[nH]1. The molecule has 0 spiro atoms. The molecule has 0 aliphatic carbocycles. The predicted molar refractivity (Wildman–Crippen MR) is 93.7 cm³/mol. The standard InChI is InChI=1S/C17H15N3O3S/c1-2-13-8-6-7-11-15(13)24(22,23)19-16-12-17(21)20(18-16)14-9-4-3-5-10-14/h2-12,18-19H,1H2. The summed E-state index contributed by atoms with van der Waals surface area (Å²) in [6, 6.07) is 16.6. The number of para-hydroxylation sites is 1. The molecule has 0 aliphatic heterocycles. The van der Waals surface area contributed by atoms with Crippen LogP contribution < -0.4 is 10.3 Å². The molecule has 0 amide bonds. The molecule has 2 N–H and O–H groups in total. The number of benzene rings is 2. The first-order valence-electron chi connectivity index (χ1n) is 7.13. The number of nitrogens with zero attached hydrogens (tertiary/aromatic N) is 1. The molecule has 0 unspecified atom stereocenters. The Kier molecular flexibility index (Phi) is 4.09. The van der Waals surface area contributed by atoms with Crippen LogP contribution in [0.25, 0.3) is 11.8 Å². The third-order valence-electron chi connectivity index (χ3n) is 3.41. The molecule has 3 rings (SSSR count). The Bertz CT molecular complexity index is 1030. The van der Waals surface area contributed by atoms with Gasteiger partial charge in [-0.25, -0.2) is 13.1 Å². The molecule has 0 aliphatic rings. The maximum atomic E-state index is 12.5. The van der Waals surface area contributed by atoms with Gasteiger partial charge in [0.25, 0.3) is 15.6 Å². The molecule has 0 bridgehead atoms. The summed E-state index contributed by atoms with van der Waals surface area (Å²) in [5.74, 6) is 0.0859. The van der Waals surface area contributed by atoms with Crippen molar-refractivity contribution in [3.05, 3.63) is 83.2 Å². The van der Waals surface area contributed by atoms with E-state index in [-0.39, 0.29) is 16.3 Å². The highest BCUT2D eigenvalue weighted by atomic mass is 32.2. The zero-order valence-corrected chi connectivity index (χ0v) is 13.5. The maximum absolute atomic E-state index is 12.5. The maximum Gasteiger partial charge on any atom is 0.273 e. The number of hydrogen-bond donors (Lipinski definition) is 2. The van der Waals surface area contributed by atoms with Crippen LogP contribution in [0, 0.1) is 0 Å². The fraction of sp³-hybridized carbons (Fsp3) is 0. The number of H-pyrrole nitrogens is 1. The number of hydrogen-bond acceptors (Lipinski definition) is 3. The van der Waals surface area contributed by atoms with Gasteiger partial charge in [0.15, 0.2) is 0 Å². The molecule has 6 nitrogen and oxygen atoms in total. The summed E-state index contributed by atoms with van der Waals surface area (Å²) in [7, 11) is -3.85. The Labute approximate surface area is 139 Å². The minimum atomic E-state index is -3.85. The van der Waals surface area contributed by atoms with Gasteiger partial charge in [0.05, 0.1) is 10.6 Å². The summed E-state index contributed by atoms with van der Waals surface area (Å²) in [6.45, 7) is 3.62. The van der Waals surface area contributed by atoms with Crippen molar-refractivity contribution in [1.29, 1.82) is 0 Å². The molecule has 1 aromatic heterocycles. The molecule has 0 saturated carbocycles. The van der Waals surface area contributed by atoms with Crippen molar-refractivity contribution in [3.8, 4) is 5.69 Å². The fourth-order valence-corrected chi connectivity index (χ4v) is 3.53. The van der Waals surface area contributed by atoms with Gasteiger partial charge in [-0.2, -0.15) is 0 Å². The highest BCUT2D eigenvalue weighted by Gasteiger charge is 2.18. The molecule has 122 valence electrons. The largest absolute Gasteiger partial charge is 0.275 e. The highest BCUT2D eigenvalue weighted by molar-refractivity contribution is 7.92. The first kappa shape index (κ1) is 15.8. The normalized spacial score (nSPS) is 11.2. The minimum absolute atomic E-state index is 0.0859. The van der Waals surface area contributed by atoms with Crippen LogP contribution in [-0.4, -0.2) is 18.2 Å². The molecule has 0 fully saturated rings. The summed E-state index contributed by atoms with van der Waals surface area (Å²) in [5, 5.41) is 2.75. The Hall–Kier alpha value is -3.06. The van der Waals surface area contributed by atoms with Crippen LogP contribution in [0.15, 0.2) is 76.9 Å². The first-order valence-corrected chi connectivity index (χ1v) is 8.61. The zero-order chi connectivity index (χ0) is 17.2. The van der Waals surface area contributed by atoms with Crippen LogP contribution in [0.3, 0.4) is 0 Å². The number of rotatable bonds is 5. The lowest BCUT2D eigenvalue weighted by Crippen LogP contribution is -2.15. The van der Waals surface area contributed by atoms with Crippen LogP contribution >= 0.6 is 0 Å². The lowest BCUT2D eigenvalue weighted by molar-refractivity contribution is 0.601. The van der Waals surface area contributed by atoms with Gasteiger partial charge >= 0.3 is 0 Å². The molecule has 0 radical (unpaired) electrons. The van der Waals surface area contributed by atoms with E-state index in [1.54, 1.807) is 42.5 Å². The molecular weight excluding hydrogens is 326 g/mol. The van der Waals surface area contributed by atoms with E-state index in [9.17, 15) is 13.2 Å². The molecule has 3 aromatic rings. The Morgan fingerprint density at radius 1 is 1.04 bits per heavy atom. The summed E-state index contributed by atoms with van der Waals surface area (Å²) in [4.78, 5) is 12.2. The molecule has 7 heteroatoms. The Balaban J connectivity index is 1.97. The monoisotopic (exact) mass is 341 g/mol. The van der Waals surface area contributed by atoms with Gasteiger partial charge in [-0.15, -0.1) is 0 Å². The van der Waals surface area contributed by atoms with Gasteiger partial charge in [0.1, 0.15) is 5.82 Å². The lowest BCUT2D eigenvalue weighted by Gasteiger charge is -2.09. The van der Waals surface area contributed by atoms with Crippen LogP contribution in [0.5, 0.6) is 0 Å². The van der Waals surface area contributed by atoms with Crippen molar-refractivity contribution < 1.29 is 8.42 Å². The number of aromatic nitrogens is 2. The van der Waals surface area contributed by atoms with E-state index in [2.05, 4.69) is 16.4 Å². The van der Waals surface area contributed by atoms with Crippen molar-refractivity contribution in [2.45, 2.75) is 4.90 Å². The van der Waals surface area contributed by atoms with Crippen molar-refractivity contribution in [1.82, 2.24) is 9.78 Å². The summed E-state index contributed by atoms with van der Waals surface area (Å²) in [6.07, 6.45) is 1.46.